The number of ether oxygens (including phenoxy) is 5. The first kappa shape index (κ1) is 27.3. The van der Waals surface area contributed by atoms with Crippen LogP contribution in [0.2, 0.25) is 0 Å². The minimum Gasteiger partial charge on any atom is -0.493 e. The third-order valence-electron chi connectivity index (χ3n) is 6.52. The minimum atomic E-state index is -0.236. The zero-order chi connectivity index (χ0) is 26.9. The summed E-state index contributed by atoms with van der Waals surface area (Å²) in [5.41, 5.74) is 1.95. The maximum absolute atomic E-state index is 13.9. The number of benzene rings is 3. The Bertz CT molecular complexity index is 1200. The molecule has 0 radical (unpaired) electrons. The molecule has 0 unspecified atom stereocenters. The molecule has 3 aromatic rings. The molecule has 1 aliphatic heterocycles. The van der Waals surface area contributed by atoms with E-state index in [0.717, 1.165) is 18.4 Å². The summed E-state index contributed by atoms with van der Waals surface area (Å²) < 4.78 is 42.0. The predicted molar refractivity (Wildman–Crippen MR) is 142 cm³/mol. The van der Waals surface area contributed by atoms with E-state index in [1.165, 1.54) is 27.4 Å². The summed E-state index contributed by atoms with van der Waals surface area (Å²) in [4.78, 5) is 15.5. The third-order valence-corrected chi connectivity index (χ3v) is 6.52. The molecule has 0 bridgehead atoms. The molecule has 0 N–H and O–H groups in total. The summed E-state index contributed by atoms with van der Waals surface area (Å²) >= 11 is 0. The molecule has 0 saturated carbocycles. The summed E-state index contributed by atoms with van der Waals surface area (Å²) in [6.45, 7) is 1.85. The Morgan fingerprint density at radius 2 is 1.76 bits per heavy atom. The second kappa shape index (κ2) is 13.1. The molecular formula is C30H34FNO6. The number of hydrogen-bond acceptors (Lipinski definition) is 6. The van der Waals surface area contributed by atoms with Crippen LogP contribution in [0.15, 0.2) is 60.7 Å². The average molecular weight is 524 g/mol. The molecule has 1 heterocycles. The molecule has 1 atom stereocenters. The summed E-state index contributed by atoms with van der Waals surface area (Å²) in [6, 6.07) is 17.6. The quantitative estimate of drug-likeness (QED) is 0.321. The van der Waals surface area contributed by atoms with Gasteiger partial charge in [-0.25, -0.2) is 4.39 Å². The molecule has 1 aliphatic rings. The van der Waals surface area contributed by atoms with E-state index in [-0.39, 0.29) is 17.8 Å². The molecule has 0 aromatic heterocycles. The van der Waals surface area contributed by atoms with Gasteiger partial charge in [-0.05, 0) is 54.3 Å². The van der Waals surface area contributed by atoms with Crippen molar-refractivity contribution < 1.29 is 32.9 Å². The zero-order valence-electron chi connectivity index (χ0n) is 22.1. The van der Waals surface area contributed by atoms with Crippen LogP contribution < -0.4 is 18.9 Å². The Morgan fingerprint density at radius 1 is 1.00 bits per heavy atom. The van der Waals surface area contributed by atoms with Crippen molar-refractivity contribution in [2.24, 2.45) is 0 Å². The lowest BCUT2D eigenvalue weighted by Crippen LogP contribution is -2.37. The Morgan fingerprint density at radius 3 is 2.42 bits per heavy atom. The van der Waals surface area contributed by atoms with E-state index in [0.29, 0.717) is 66.8 Å². The topological polar surface area (TPSA) is 66.5 Å². The first-order valence-corrected chi connectivity index (χ1v) is 12.7. The lowest BCUT2D eigenvalue weighted by Gasteiger charge is -2.26. The van der Waals surface area contributed by atoms with Gasteiger partial charge in [0.25, 0.3) is 5.91 Å². The Kier molecular flexibility index (Phi) is 9.43. The lowest BCUT2D eigenvalue weighted by molar-refractivity contribution is 0.0506. The molecule has 1 saturated heterocycles. The molecule has 38 heavy (non-hydrogen) atoms. The van der Waals surface area contributed by atoms with Gasteiger partial charge in [-0.15, -0.1) is 0 Å². The van der Waals surface area contributed by atoms with Crippen LogP contribution in [0, 0.1) is 5.82 Å². The highest BCUT2D eigenvalue weighted by Gasteiger charge is 2.26. The highest BCUT2D eigenvalue weighted by Crippen LogP contribution is 2.38. The van der Waals surface area contributed by atoms with Gasteiger partial charge in [-0.1, -0.05) is 30.3 Å². The van der Waals surface area contributed by atoms with Crippen molar-refractivity contribution in [2.75, 3.05) is 41.1 Å². The van der Waals surface area contributed by atoms with Crippen LogP contribution in [0.25, 0.3) is 0 Å². The molecule has 0 aliphatic carbocycles. The summed E-state index contributed by atoms with van der Waals surface area (Å²) in [5, 5.41) is 0. The molecule has 1 fully saturated rings. The first-order valence-electron chi connectivity index (χ1n) is 12.7. The molecule has 0 spiro atoms. The number of amides is 1. The second-order valence-electron chi connectivity index (χ2n) is 9.07. The van der Waals surface area contributed by atoms with Gasteiger partial charge in [0.15, 0.2) is 11.5 Å². The average Bonchev–Trinajstić information content (AvgIpc) is 3.46. The standard InChI is InChI=1S/C30H34FNO6/c1-34-27-17-23(18-28(35-2)29(27)36-3)30(33)32(20-25-11-7-14-37-25)19-21-8-6-10-24(16-21)38-15-13-22-9-4-5-12-26(22)31/h4-6,8-10,12,16-18,25H,7,11,13-15,19-20H2,1-3H3/t25-/m1/s1. The molecule has 7 nitrogen and oxygen atoms in total. The van der Waals surface area contributed by atoms with Crippen LogP contribution in [0.4, 0.5) is 4.39 Å². The largest absolute Gasteiger partial charge is 0.493 e. The molecule has 8 heteroatoms. The first-order chi connectivity index (χ1) is 18.5. The van der Waals surface area contributed by atoms with Gasteiger partial charge in [0.2, 0.25) is 5.75 Å². The van der Waals surface area contributed by atoms with Crippen LogP contribution in [0.1, 0.15) is 34.3 Å². The van der Waals surface area contributed by atoms with Gasteiger partial charge in [-0.3, -0.25) is 4.79 Å². The van der Waals surface area contributed by atoms with Crippen molar-refractivity contribution in [2.45, 2.75) is 31.9 Å². The molecule has 4 rings (SSSR count). The fourth-order valence-electron chi connectivity index (χ4n) is 4.57. The molecule has 1 amide bonds. The normalized spacial score (nSPS) is 14.7. The highest BCUT2D eigenvalue weighted by molar-refractivity contribution is 5.95. The second-order valence-corrected chi connectivity index (χ2v) is 9.07. The van der Waals surface area contributed by atoms with Crippen molar-refractivity contribution in [1.29, 1.82) is 0 Å². The zero-order valence-corrected chi connectivity index (χ0v) is 22.1. The van der Waals surface area contributed by atoms with E-state index < -0.39 is 0 Å². The minimum absolute atomic E-state index is 0.0267. The van der Waals surface area contributed by atoms with Crippen LogP contribution in [-0.2, 0) is 17.7 Å². The molecular weight excluding hydrogens is 489 g/mol. The van der Waals surface area contributed by atoms with Crippen molar-refractivity contribution in [3.63, 3.8) is 0 Å². The van der Waals surface area contributed by atoms with Gasteiger partial charge < -0.3 is 28.6 Å². The van der Waals surface area contributed by atoms with Crippen molar-refractivity contribution in [3.05, 3.63) is 83.2 Å². The van der Waals surface area contributed by atoms with Gasteiger partial charge >= 0.3 is 0 Å². The Hall–Kier alpha value is -3.78. The molecule has 3 aromatic carbocycles. The highest BCUT2D eigenvalue weighted by atomic mass is 19.1. The maximum atomic E-state index is 13.9. The Labute approximate surface area is 223 Å². The van der Waals surface area contributed by atoms with E-state index in [1.807, 2.05) is 30.3 Å². The number of nitrogens with zero attached hydrogens (tertiary/aromatic N) is 1. The third kappa shape index (κ3) is 6.75. The number of hydrogen-bond donors (Lipinski definition) is 0. The van der Waals surface area contributed by atoms with Crippen LogP contribution >= 0.6 is 0 Å². The number of halogens is 1. The monoisotopic (exact) mass is 523 g/mol. The van der Waals surface area contributed by atoms with E-state index in [1.54, 1.807) is 29.2 Å². The lowest BCUT2D eigenvalue weighted by atomic mass is 10.1. The number of methoxy groups -OCH3 is 3. The SMILES string of the molecule is COc1cc(C(=O)N(Cc2cccc(OCCc3ccccc3F)c2)C[C@H]2CCCO2)cc(OC)c1OC. The number of carbonyl (C=O) groups excluding carboxylic acids is 1. The smallest absolute Gasteiger partial charge is 0.254 e. The number of carbonyl (C=O) groups is 1. The van der Waals surface area contributed by atoms with E-state index in [2.05, 4.69) is 0 Å². The summed E-state index contributed by atoms with van der Waals surface area (Å²) in [6.07, 6.45) is 2.31. The van der Waals surface area contributed by atoms with Crippen molar-refractivity contribution >= 4 is 5.91 Å². The summed E-state index contributed by atoms with van der Waals surface area (Å²) in [7, 11) is 4.57. The van der Waals surface area contributed by atoms with Gasteiger partial charge in [0.05, 0.1) is 34.0 Å². The maximum Gasteiger partial charge on any atom is 0.254 e. The van der Waals surface area contributed by atoms with Crippen LogP contribution in [0.5, 0.6) is 23.0 Å². The van der Waals surface area contributed by atoms with Crippen molar-refractivity contribution in [1.82, 2.24) is 4.90 Å². The van der Waals surface area contributed by atoms with Gasteiger partial charge in [-0.2, -0.15) is 0 Å². The predicted octanol–water partition coefficient (Wildman–Crippen LogP) is 5.29. The van der Waals surface area contributed by atoms with Crippen LogP contribution in [-0.4, -0.2) is 58.0 Å². The van der Waals surface area contributed by atoms with E-state index in [9.17, 15) is 9.18 Å². The van der Waals surface area contributed by atoms with E-state index >= 15 is 0 Å². The van der Waals surface area contributed by atoms with Crippen LogP contribution in [0.3, 0.4) is 0 Å². The van der Waals surface area contributed by atoms with E-state index in [4.69, 9.17) is 23.7 Å². The molecule has 202 valence electrons. The number of rotatable bonds is 12. The van der Waals surface area contributed by atoms with Gasteiger partial charge in [0, 0.05) is 31.7 Å². The fraction of sp³-hybridized carbons (Fsp3) is 0.367. The fourth-order valence-corrected chi connectivity index (χ4v) is 4.57. The van der Waals surface area contributed by atoms with Crippen molar-refractivity contribution in [3.8, 4) is 23.0 Å². The van der Waals surface area contributed by atoms with Gasteiger partial charge in [0.1, 0.15) is 11.6 Å². The Balaban J connectivity index is 1.51. The summed E-state index contributed by atoms with van der Waals surface area (Å²) in [5.74, 6) is 1.51.